The molecule has 0 atom stereocenters. The maximum absolute atomic E-state index is 9.60. The first-order valence-electron chi connectivity index (χ1n) is 6.73. The minimum Gasteiger partial charge on any atom is -0.508 e. The van der Waals surface area contributed by atoms with Crippen LogP contribution in [0.5, 0.6) is 5.75 Å². The van der Waals surface area contributed by atoms with E-state index in [1.165, 1.54) is 5.56 Å². The maximum atomic E-state index is 9.60. The van der Waals surface area contributed by atoms with Gasteiger partial charge in [-0.2, -0.15) is 0 Å². The van der Waals surface area contributed by atoms with Gasteiger partial charge in [-0.25, -0.2) is 4.98 Å². The van der Waals surface area contributed by atoms with Crippen molar-refractivity contribution in [3.63, 3.8) is 0 Å². The van der Waals surface area contributed by atoms with E-state index in [1.807, 2.05) is 35.0 Å². The van der Waals surface area contributed by atoms with Crippen molar-refractivity contribution in [2.75, 3.05) is 0 Å². The predicted octanol–water partition coefficient (Wildman–Crippen LogP) is 4.00. The first kappa shape index (κ1) is 12.7. The Labute approximate surface area is 118 Å². The van der Waals surface area contributed by atoms with E-state index in [0.717, 1.165) is 16.9 Å². The molecule has 3 heteroatoms. The Balaban J connectivity index is 2.21. The number of phenols is 1. The van der Waals surface area contributed by atoms with Crippen LogP contribution in [0.2, 0.25) is 0 Å². The molecule has 0 aliphatic rings. The monoisotopic (exact) mass is 266 g/mol. The topological polar surface area (TPSA) is 37.5 Å². The highest BCUT2D eigenvalue weighted by molar-refractivity contribution is 5.66. The molecule has 3 aromatic rings. The summed E-state index contributed by atoms with van der Waals surface area (Å²) in [5.41, 5.74) is 4.03. The normalized spacial score (nSPS) is 11.9. The number of aromatic nitrogens is 2. The Kier molecular flexibility index (Phi) is 2.78. The molecular weight excluding hydrogens is 248 g/mol. The van der Waals surface area contributed by atoms with E-state index >= 15 is 0 Å². The molecular formula is C17H18N2O. The fourth-order valence-corrected chi connectivity index (χ4v) is 2.40. The Hall–Kier alpha value is -2.29. The standard InChI is InChI=1S/C17H18N2O/c1-17(2,3)14-8-5-9-19-11-15(18-16(14)19)12-6-4-7-13(20)10-12/h4-11,20H,1-3H3. The lowest BCUT2D eigenvalue weighted by atomic mass is 9.88. The Morgan fingerprint density at radius 2 is 1.90 bits per heavy atom. The molecule has 0 unspecified atom stereocenters. The van der Waals surface area contributed by atoms with Crippen LogP contribution in [0.15, 0.2) is 48.8 Å². The summed E-state index contributed by atoms with van der Waals surface area (Å²) in [5, 5.41) is 9.60. The van der Waals surface area contributed by atoms with E-state index in [-0.39, 0.29) is 11.2 Å². The highest BCUT2D eigenvalue weighted by atomic mass is 16.3. The lowest BCUT2D eigenvalue weighted by Gasteiger charge is -2.19. The number of hydrogen-bond acceptors (Lipinski definition) is 2. The molecule has 1 N–H and O–H groups in total. The molecule has 0 saturated heterocycles. The number of benzene rings is 1. The van der Waals surface area contributed by atoms with E-state index in [4.69, 9.17) is 4.98 Å². The number of phenolic OH excluding ortho intramolecular Hbond substituents is 1. The van der Waals surface area contributed by atoms with Crippen LogP contribution in [-0.4, -0.2) is 14.5 Å². The second kappa shape index (κ2) is 4.37. The van der Waals surface area contributed by atoms with E-state index in [1.54, 1.807) is 12.1 Å². The van der Waals surface area contributed by atoms with E-state index in [0.29, 0.717) is 0 Å². The van der Waals surface area contributed by atoms with Gasteiger partial charge >= 0.3 is 0 Å². The molecule has 0 saturated carbocycles. The summed E-state index contributed by atoms with van der Waals surface area (Å²) in [6, 6.07) is 11.4. The van der Waals surface area contributed by atoms with Crippen LogP contribution >= 0.6 is 0 Å². The van der Waals surface area contributed by atoms with Gasteiger partial charge in [0.05, 0.1) is 5.69 Å². The van der Waals surface area contributed by atoms with Crippen LogP contribution in [0.25, 0.3) is 16.9 Å². The van der Waals surface area contributed by atoms with Gasteiger partial charge in [-0.1, -0.05) is 39.0 Å². The molecule has 2 heterocycles. The van der Waals surface area contributed by atoms with E-state index in [9.17, 15) is 5.11 Å². The summed E-state index contributed by atoms with van der Waals surface area (Å²) in [6.45, 7) is 6.56. The molecule has 3 rings (SSSR count). The molecule has 2 aromatic heterocycles. The molecule has 3 nitrogen and oxygen atoms in total. The fraction of sp³-hybridized carbons (Fsp3) is 0.235. The molecule has 102 valence electrons. The van der Waals surface area contributed by atoms with Crippen molar-refractivity contribution in [1.82, 2.24) is 9.38 Å². The van der Waals surface area contributed by atoms with Gasteiger partial charge in [0.2, 0.25) is 0 Å². The Bertz CT molecular complexity index is 766. The summed E-state index contributed by atoms with van der Waals surface area (Å²) < 4.78 is 2.04. The second-order valence-corrected chi connectivity index (χ2v) is 6.08. The number of rotatable bonds is 1. The van der Waals surface area contributed by atoms with E-state index in [2.05, 4.69) is 26.8 Å². The average Bonchev–Trinajstić information content (AvgIpc) is 2.81. The minimum atomic E-state index is 0.0456. The van der Waals surface area contributed by atoms with Gasteiger partial charge in [0.1, 0.15) is 11.4 Å². The number of nitrogens with zero attached hydrogens (tertiary/aromatic N) is 2. The zero-order valence-corrected chi connectivity index (χ0v) is 12.0. The van der Waals surface area contributed by atoms with Crippen LogP contribution < -0.4 is 0 Å². The average molecular weight is 266 g/mol. The van der Waals surface area contributed by atoms with Crippen molar-refractivity contribution in [1.29, 1.82) is 0 Å². The first-order valence-corrected chi connectivity index (χ1v) is 6.73. The number of hydrogen-bond donors (Lipinski definition) is 1. The highest BCUT2D eigenvalue weighted by Gasteiger charge is 2.19. The molecule has 0 amide bonds. The van der Waals surface area contributed by atoms with Gasteiger partial charge in [0.25, 0.3) is 0 Å². The van der Waals surface area contributed by atoms with Crippen molar-refractivity contribution >= 4 is 5.65 Å². The zero-order chi connectivity index (χ0) is 14.3. The zero-order valence-electron chi connectivity index (χ0n) is 12.0. The summed E-state index contributed by atoms with van der Waals surface area (Å²) in [5.74, 6) is 0.260. The molecule has 0 spiro atoms. The molecule has 0 bridgehead atoms. The van der Waals surface area contributed by atoms with Crippen LogP contribution in [0.1, 0.15) is 26.3 Å². The van der Waals surface area contributed by atoms with Crippen LogP contribution in [0.3, 0.4) is 0 Å². The number of pyridine rings is 1. The van der Waals surface area contributed by atoms with Crippen LogP contribution in [0.4, 0.5) is 0 Å². The fourth-order valence-electron chi connectivity index (χ4n) is 2.40. The van der Waals surface area contributed by atoms with Gasteiger partial charge in [0, 0.05) is 23.5 Å². The SMILES string of the molecule is CC(C)(C)c1cccn2cc(-c3cccc(O)c3)nc12. The summed E-state index contributed by atoms with van der Waals surface area (Å²) in [6.07, 6.45) is 4.00. The summed E-state index contributed by atoms with van der Waals surface area (Å²) in [7, 11) is 0. The number of fused-ring (bicyclic) bond motifs is 1. The maximum Gasteiger partial charge on any atom is 0.141 e. The van der Waals surface area contributed by atoms with Gasteiger partial charge in [-0.05, 0) is 23.6 Å². The summed E-state index contributed by atoms with van der Waals surface area (Å²) >= 11 is 0. The number of aromatic hydroxyl groups is 1. The third kappa shape index (κ3) is 2.16. The first-order chi connectivity index (χ1) is 9.45. The third-order valence-corrected chi connectivity index (χ3v) is 3.43. The van der Waals surface area contributed by atoms with Crippen molar-refractivity contribution in [2.24, 2.45) is 0 Å². The van der Waals surface area contributed by atoms with E-state index < -0.39 is 0 Å². The Morgan fingerprint density at radius 3 is 2.60 bits per heavy atom. The molecule has 0 aliphatic carbocycles. The third-order valence-electron chi connectivity index (χ3n) is 3.43. The molecule has 0 radical (unpaired) electrons. The molecule has 0 aliphatic heterocycles. The summed E-state index contributed by atoms with van der Waals surface area (Å²) in [4.78, 5) is 4.74. The van der Waals surface area contributed by atoms with Crippen LogP contribution in [0, 0.1) is 0 Å². The van der Waals surface area contributed by atoms with Gasteiger partial charge < -0.3 is 9.51 Å². The lowest BCUT2D eigenvalue weighted by Crippen LogP contribution is -2.12. The predicted molar refractivity (Wildman–Crippen MR) is 81.0 cm³/mol. The smallest absolute Gasteiger partial charge is 0.141 e. The highest BCUT2D eigenvalue weighted by Crippen LogP contribution is 2.29. The van der Waals surface area contributed by atoms with Gasteiger partial charge in [0.15, 0.2) is 0 Å². The van der Waals surface area contributed by atoms with Crippen LogP contribution in [-0.2, 0) is 5.41 Å². The Morgan fingerprint density at radius 1 is 1.10 bits per heavy atom. The molecule has 0 fully saturated rings. The number of imidazole rings is 1. The van der Waals surface area contributed by atoms with Crippen molar-refractivity contribution in [3.05, 3.63) is 54.4 Å². The minimum absolute atomic E-state index is 0.0456. The largest absolute Gasteiger partial charge is 0.508 e. The second-order valence-electron chi connectivity index (χ2n) is 6.08. The quantitative estimate of drug-likeness (QED) is 0.722. The lowest BCUT2D eigenvalue weighted by molar-refractivity contribution is 0.475. The van der Waals surface area contributed by atoms with Crippen molar-refractivity contribution < 1.29 is 5.11 Å². The molecule has 1 aromatic carbocycles. The van der Waals surface area contributed by atoms with Gasteiger partial charge in [-0.15, -0.1) is 0 Å². The van der Waals surface area contributed by atoms with Gasteiger partial charge in [-0.3, -0.25) is 0 Å². The molecule has 20 heavy (non-hydrogen) atoms. The van der Waals surface area contributed by atoms with Crippen molar-refractivity contribution in [3.8, 4) is 17.0 Å². The van der Waals surface area contributed by atoms with Crippen molar-refractivity contribution in [2.45, 2.75) is 26.2 Å².